The van der Waals surface area contributed by atoms with Crippen molar-refractivity contribution in [3.05, 3.63) is 41.9 Å². The lowest BCUT2D eigenvalue weighted by molar-refractivity contribution is 0.0526. The topological polar surface area (TPSA) is 91.0 Å². The summed E-state index contributed by atoms with van der Waals surface area (Å²) in [5, 5.41) is 0.501. The van der Waals surface area contributed by atoms with Gasteiger partial charge in [0.15, 0.2) is 5.16 Å². The molecule has 2 heterocycles. The average Bonchev–Trinajstić information content (AvgIpc) is 2.46. The van der Waals surface area contributed by atoms with E-state index < -0.39 is 5.97 Å². The van der Waals surface area contributed by atoms with Crippen molar-refractivity contribution in [1.29, 1.82) is 0 Å². The monoisotopic (exact) mass is 290 g/mol. The molecule has 2 aromatic heterocycles. The molecule has 0 aromatic carbocycles. The van der Waals surface area contributed by atoms with Gasteiger partial charge < -0.3 is 10.5 Å². The fourth-order valence-electron chi connectivity index (χ4n) is 1.44. The molecule has 2 rings (SSSR count). The number of nitrogens with zero attached hydrogens (tertiary/aromatic N) is 3. The first-order valence-corrected chi connectivity index (χ1v) is 7.01. The summed E-state index contributed by atoms with van der Waals surface area (Å²) in [6.07, 6.45) is 3.12. The van der Waals surface area contributed by atoms with E-state index in [1.165, 1.54) is 18.0 Å². The van der Waals surface area contributed by atoms with Gasteiger partial charge in [-0.15, -0.1) is 0 Å². The van der Waals surface area contributed by atoms with E-state index in [0.29, 0.717) is 10.9 Å². The summed E-state index contributed by atoms with van der Waals surface area (Å²) in [6, 6.07) is 5.70. The molecular formula is C13H14N4O2S. The highest BCUT2D eigenvalue weighted by atomic mass is 32.2. The predicted octanol–water partition coefficient (Wildman–Crippen LogP) is 1.92. The quantitative estimate of drug-likeness (QED) is 0.511. The summed E-state index contributed by atoms with van der Waals surface area (Å²) in [5.74, 6) is 0.257. The number of carbonyl (C=O) groups is 1. The van der Waals surface area contributed by atoms with Gasteiger partial charge in [0.05, 0.1) is 12.3 Å². The van der Waals surface area contributed by atoms with Crippen molar-refractivity contribution < 1.29 is 9.53 Å². The number of carbonyl (C=O) groups excluding carboxylic acids is 1. The molecular weight excluding hydrogens is 276 g/mol. The lowest BCUT2D eigenvalue weighted by Crippen LogP contribution is -2.10. The lowest BCUT2D eigenvalue weighted by atomic mass is 10.3. The molecule has 2 N–H and O–H groups in total. The minimum absolute atomic E-state index is 0.127. The fourth-order valence-corrected chi connectivity index (χ4v) is 2.17. The number of hydrogen-bond acceptors (Lipinski definition) is 7. The van der Waals surface area contributed by atoms with Crippen molar-refractivity contribution >= 4 is 23.5 Å². The number of thioether (sulfide) groups is 1. The number of anilines is 1. The molecule has 7 heteroatoms. The minimum Gasteiger partial charge on any atom is -0.462 e. The summed E-state index contributed by atoms with van der Waals surface area (Å²) in [7, 11) is 0. The van der Waals surface area contributed by atoms with Gasteiger partial charge in [-0.2, -0.15) is 0 Å². The Hall–Kier alpha value is -2.15. The molecule has 0 fully saturated rings. The number of nitrogens with two attached hydrogens (primary N) is 1. The molecule has 0 bridgehead atoms. The van der Waals surface area contributed by atoms with E-state index in [2.05, 4.69) is 15.0 Å². The maximum Gasteiger partial charge on any atom is 0.343 e. The van der Waals surface area contributed by atoms with E-state index >= 15 is 0 Å². The molecule has 0 spiro atoms. The van der Waals surface area contributed by atoms with Crippen LogP contribution in [-0.2, 0) is 10.5 Å². The molecule has 0 aliphatic heterocycles. The molecule has 0 amide bonds. The Morgan fingerprint density at radius 1 is 1.40 bits per heavy atom. The maximum atomic E-state index is 11.6. The number of esters is 1. The Balaban J connectivity index is 2.04. The van der Waals surface area contributed by atoms with Crippen molar-refractivity contribution in [3.63, 3.8) is 0 Å². The van der Waals surface area contributed by atoms with Crippen LogP contribution in [0.1, 0.15) is 23.0 Å². The third kappa shape index (κ3) is 3.67. The van der Waals surface area contributed by atoms with Crippen LogP contribution in [0.25, 0.3) is 0 Å². The highest BCUT2D eigenvalue weighted by Crippen LogP contribution is 2.20. The molecule has 6 nitrogen and oxygen atoms in total. The average molecular weight is 290 g/mol. The normalized spacial score (nSPS) is 10.2. The van der Waals surface area contributed by atoms with E-state index in [4.69, 9.17) is 10.5 Å². The second kappa shape index (κ2) is 6.85. The van der Waals surface area contributed by atoms with E-state index in [-0.39, 0.29) is 18.0 Å². The second-order valence-corrected chi connectivity index (χ2v) is 4.72. The number of rotatable bonds is 5. The minimum atomic E-state index is -0.508. The van der Waals surface area contributed by atoms with E-state index in [9.17, 15) is 4.79 Å². The van der Waals surface area contributed by atoms with Gasteiger partial charge in [-0.05, 0) is 19.1 Å². The molecule has 0 saturated carbocycles. The van der Waals surface area contributed by atoms with Gasteiger partial charge >= 0.3 is 5.97 Å². The number of pyridine rings is 1. The van der Waals surface area contributed by atoms with Gasteiger partial charge in [-0.1, -0.05) is 17.8 Å². The van der Waals surface area contributed by atoms with Gasteiger partial charge in [-0.25, -0.2) is 14.8 Å². The zero-order chi connectivity index (χ0) is 14.4. The Bertz CT molecular complexity index is 592. The van der Waals surface area contributed by atoms with E-state index in [1.54, 1.807) is 13.1 Å². The van der Waals surface area contributed by atoms with Gasteiger partial charge in [0.1, 0.15) is 11.4 Å². The summed E-state index contributed by atoms with van der Waals surface area (Å²) < 4.78 is 4.86. The number of aromatic nitrogens is 3. The van der Waals surface area contributed by atoms with Crippen LogP contribution in [0, 0.1) is 0 Å². The second-order valence-electron chi connectivity index (χ2n) is 3.78. The Morgan fingerprint density at radius 3 is 2.90 bits per heavy atom. The SMILES string of the molecule is CCOC(=O)c1cnc(SCc2ccccn2)nc1N. The van der Waals surface area contributed by atoms with Crippen LogP contribution in [0.2, 0.25) is 0 Å². The maximum absolute atomic E-state index is 11.6. The first-order chi connectivity index (χ1) is 9.70. The fraction of sp³-hybridized carbons (Fsp3) is 0.231. The molecule has 0 aliphatic rings. The van der Waals surface area contributed by atoms with Gasteiger partial charge in [0.25, 0.3) is 0 Å². The van der Waals surface area contributed by atoms with Crippen molar-refractivity contribution in [3.8, 4) is 0 Å². The summed E-state index contributed by atoms with van der Waals surface area (Å²) in [4.78, 5) is 24.0. The third-order valence-corrected chi connectivity index (χ3v) is 3.26. The number of nitrogen functional groups attached to an aromatic ring is 1. The zero-order valence-electron chi connectivity index (χ0n) is 10.9. The van der Waals surface area contributed by atoms with Crippen LogP contribution in [0.15, 0.2) is 35.7 Å². The standard InChI is InChI=1S/C13H14N4O2S/c1-2-19-12(18)10-7-16-13(17-11(10)14)20-8-9-5-3-4-6-15-9/h3-7H,2,8H2,1H3,(H2,14,16,17). The van der Waals surface area contributed by atoms with Crippen LogP contribution in [0.4, 0.5) is 5.82 Å². The van der Waals surface area contributed by atoms with Gasteiger partial charge in [0.2, 0.25) is 0 Å². The van der Waals surface area contributed by atoms with Gasteiger partial charge in [0, 0.05) is 18.1 Å². The molecule has 2 aromatic rings. The molecule has 0 unspecified atom stereocenters. The summed E-state index contributed by atoms with van der Waals surface area (Å²) in [5.41, 5.74) is 6.85. The van der Waals surface area contributed by atoms with Crippen molar-refractivity contribution in [1.82, 2.24) is 15.0 Å². The van der Waals surface area contributed by atoms with Crippen LogP contribution in [0.5, 0.6) is 0 Å². The van der Waals surface area contributed by atoms with E-state index in [0.717, 1.165) is 5.69 Å². The van der Waals surface area contributed by atoms with Gasteiger partial charge in [-0.3, -0.25) is 4.98 Å². The predicted molar refractivity (Wildman–Crippen MR) is 76.2 cm³/mol. The molecule has 0 atom stereocenters. The smallest absolute Gasteiger partial charge is 0.343 e. The first kappa shape index (κ1) is 14.3. The van der Waals surface area contributed by atoms with Crippen LogP contribution >= 0.6 is 11.8 Å². The summed E-state index contributed by atoms with van der Waals surface area (Å²) in [6.45, 7) is 2.01. The number of ether oxygens (including phenoxy) is 1. The molecule has 0 radical (unpaired) electrons. The third-order valence-electron chi connectivity index (χ3n) is 2.37. The van der Waals surface area contributed by atoms with Crippen LogP contribution in [0.3, 0.4) is 0 Å². The zero-order valence-corrected chi connectivity index (χ0v) is 11.8. The number of hydrogen-bond donors (Lipinski definition) is 1. The molecule has 20 heavy (non-hydrogen) atoms. The van der Waals surface area contributed by atoms with E-state index in [1.807, 2.05) is 18.2 Å². The van der Waals surface area contributed by atoms with Crippen molar-refractivity contribution in [2.24, 2.45) is 0 Å². The molecule has 104 valence electrons. The Labute approximate surface area is 120 Å². The first-order valence-electron chi connectivity index (χ1n) is 6.03. The highest BCUT2D eigenvalue weighted by Gasteiger charge is 2.13. The lowest BCUT2D eigenvalue weighted by Gasteiger charge is -2.05. The molecule has 0 saturated heterocycles. The van der Waals surface area contributed by atoms with Crippen LogP contribution < -0.4 is 5.73 Å². The largest absolute Gasteiger partial charge is 0.462 e. The van der Waals surface area contributed by atoms with Crippen molar-refractivity contribution in [2.45, 2.75) is 17.8 Å². The van der Waals surface area contributed by atoms with Crippen molar-refractivity contribution in [2.75, 3.05) is 12.3 Å². The Morgan fingerprint density at radius 2 is 2.25 bits per heavy atom. The molecule has 0 aliphatic carbocycles. The Kier molecular flexibility index (Phi) is 4.89. The summed E-state index contributed by atoms with van der Waals surface area (Å²) >= 11 is 1.40. The van der Waals surface area contributed by atoms with Crippen LogP contribution in [-0.4, -0.2) is 27.5 Å². The highest BCUT2D eigenvalue weighted by molar-refractivity contribution is 7.98.